The average Bonchev–Trinajstić information content (AvgIpc) is 2.36. The van der Waals surface area contributed by atoms with Crippen molar-refractivity contribution in [2.24, 2.45) is 11.3 Å². The van der Waals surface area contributed by atoms with Gasteiger partial charge < -0.3 is 5.32 Å². The van der Waals surface area contributed by atoms with Crippen molar-refractivity contribution in [3.63, 3.8) is 0 Å². The lowest BCUT2D eigenvalue weighted by atomic mass is 9.65. The smallest absolute Gasteiger partial charge is 0.126 e. The van der Waals surface area contributed by atoms with Gasteiger partial charge in [0.15, 0.2) is 0 Å². The summed E-state index contributed by atoms with van der Waals surface area (Å²) in [5, 5.41) is 3.62. The summed E-state index contributed by atoms with van der Waals surface area (Å²) in [5.74, 6) is 0.805. The van der Waals surface area contributed by atoms with Gasteiger partial charge in [-0.25, -0.2) is 4.39 Å². The summed E-state index contributed by atoms with van der Waals surface area (Å²) < 4.78 is 14.3. The van der Waals surface area contributed by atoms with E-state index in [4.69, 9.17) is 0 Å². The van der Waals surface area contributed by atoms with Crippen molar-refractivity contribution in [1.29, 1.82) is 0 Å². The number of halogens is 1. The maximum Gasteiger partial charge on any atom is 0.126 e. The van der Waals surface area contributed by atoms with E-state index in [0.717, 1.165) is 18.5 Å². The van der Waals surface area contributed by atoms with Gasteiger partial charge in [0.2, 0.25) is 0 Å². The van der Waals surface area contributed by atoms with Crippen LogP contribution < -0.4 is 5.32 Å². The van der Waals surface area contributed by atoms with Gasteiger partial charge >= 0.3 is 0 Å². The standard InChI is InChI=1S/C19H30FN/c1-18(2,3)21-13-14-10-11-19(4,5)12-16(14)15-8-6-7-9-17(15)20/h6-9,14,16,21H,10-13H2,1-5H3. The van der Waals surface area contributed by atoms with Crippen LogP contribution in [0.1, 0.15) is 65.4 Å². The molecule has 21 heavy (non-hydrogen) atoms. The summed E-state index contributed by atoms with van der Waals surface area (Å²) in [6.45, 7) is 12.2. The van der Waals surface area contributed by atoms with Gasteiger partial charge in [-0.3, -0.25) is 0 Å². The van der Waals surface area contributed by atoms with Crippen molar-refractivity contribution in [2.45, 2.75) is 65.3 Å². The van der Waals surface area contributed by atoms with E-state index in [0.29, 0.717) is 17.3 Å². The first-order chi connectivity index (χ1) is 9.68. The largest absolute Gasteiger partial charge is 0.312 e. The van der Waals surface area contributed by atoms with Gasteiger partial charge in [-0.2, -0.15) is 0 Å². The van der Waals surface area contributed by atoms with Gasteiger partial charge in [0.25, 0.3) is 0 Å². The molecular weight excluding hydrogens is 261 g/mol. The second-order valence-electron chi connectivity index (χ2n) is 8.43. The maximum absolute atomic E-state index is 14.3. The first-order valence-corrected chi connectivity index (χ1v) is 8.17. The second kappa shape index (κ2) is 6.08. The van der Waals surface area contributed by atoms with Crippen molar-refractivity contribution in [3.8, 4) is 0 Å². The predicted octanol–water partition coefficient (Wildman–Crippen LogP) is 5.12. The lowest BCUT2D eigenvalue weighted by Gasteiger charge is -2.42. The van der Waals surface area contributed by atoms with Crippen LogP contribution in [0.2, 0.25) is 0 Å². The highest BCUT2D eigenvalue weighted by atomic mass is 19.1. The minimum Gasteiger partial charge on any atom is -0.312 e. The Bertz CT molecular complexity index is 473. The Kier molecular flexibility index (Phi) is 4.77. The van der Waals surface area contributed by atoms with Crippen LogP contribution in [0.5, 0.6) is 0 Å². The summed E-state index contributed by atoms with van der Waals surface area (Å²) >= 11 is 0. The average molecular weight is 291 g/mol. The topological polar surface area (TPSA) is 12.0 Å². The Morgan fingerprint density at radius 3 is 2.52 bits per heavy atom. The zero-order valence-electron chi connectivity index (χ0n) is 14.2. The lowest BCUT2D eigenvalue weighted by molar-refractivity contribution is 0.152. The third-order valence-corrected chi connectivity index (χ3v) is 4.73. The predicted molar refractivity (Wildman–Crippen MR) is 88.0 cm³/mol. The monoisotopic (exact) mass is 291 g/mol. The summed E-state index contributed by atoms with van der Waals surface area (Å²) in [7, 11) is 0. The minimum atomic E-state index is -0.0408. The highest BCUT2D eigenvalue weighted by Crippen LogP contribution is 2.47. The van der Waals surface area contributed by atoms with E-state index in [9.17, 15) is 4.39 Å². The molecule has 0 aromatic heterocycles. The molecule has 2 rings (SSSR count). The highest BCUT2D eigenvalue weighted by Gasteiger charge is 2.36. The van der Waals surface area contributed by atoms with Crippen molar-refractivity contribution in [1.82, 2.24) is 5.32 Å². The summed E-state index contributed by atoms with van der Waals surface area (Å²) in [6.07, 6.45) is 3.48. The zero-order chi connectivity index (χ0) is 15.7. The second-order valence-corrected chi connectivity index (χ2v) is 8.43. The van der Waals surface area contributed by atoms with E-state index in [1.165, 1.54) is 12.8 Å². The Balaban J connectivity index is 2.20. The molecule has 118 valence electrons. The minimum absolute atomic E-state index is 0.0408. The molecule has 0 amide bonds. The molecule has 0 saturated heterocycles. The van der Waals surface area contributed by atoms with Crippen molar-refractivity contribution >= 4 is 0 Å². The van der Waals surface area contributed by atoms with E-state index in [-0.39, 0.29) is 11.4 Å². The Morgan fingerprint density at radius 1 is 1.24 bits per heavy atom. The van der Waals surface area contributed by atoms with Crippen molar-refractivity contribution in [3.05, 3.63) is 35.6 Å². The molecule has 1 aliphatic rings. The molecule has 1 aliphatic carbocycles. The van der Waals surface area contributed by atoms with Crippen LogP contribution in [0.4, 0.5) is 4.39 Å². The van der Waals surface area contributed by atoms with Crippen LogP contribution in [0.3, 0.4) is 0 Å². The number of rotatable bonds is 3. The zero-order valence-corrected chi connectivity index (χ0v) is 14.2. The molecule has 0 spiro atoms. The Morgan fingerprint density at radius 2 is 1.90 bits per heavy atom. The first-order valence-electron chi connectivity index (χ1n) is 8.17. The molecule has 1 aromatic rings. The van der Waals surface area contributed by atoms with Gasteiger partial charge in [-0.15, -0.1) is 0 Å². The highest BCUT2D eigenvalue weighted by molar-refractivity contribution is 5.24. The number of hydrogen-bond acceptors (Lipinski definition) is 1. The fourth-order valence-corrected chi connectivity index (χ4v) is 3.46. The van der Waals surface area contributed by atoms with Crippen molar-refractivity contribution < 1.29 is 4.39 Å². The van der Waals surface area contributed by atoms with Gasteiger partial charge in [0, 0.05) is 5.54 Å². The normalized spacial score (nSPS) is 25.8. The molecule has 0 aliphatic heterocycles. The Labute approximate surface area is 129 Å². The van der Waals surface area contributed by atoms with Crippen LogP contribution in [0.25, 0.3) is 0 Å². The number of benzene rings is 1. The van der Waals surface area contributed by atoms with Crippen molar-refractivity contribution in [2.75, 3.05) is 6.54 Å². The molecule has 2 unspecified atom stereocenters. The van der Waals surface area contributed by atoms with Gasteiger partial charge in [0.1, 0.15) is 5.82 Å². The first kappa shape index (κ1) is 16.5. The fraction of sp³-hybridized carbons (Fsp3) is 0.684. The van der Waals surface area contributed by atoms with Gasteiger partial charge in [0.05, 0.1) is 0 Å². The third-order valence-electron chi connectivity index (χ3n) is 4.73. The number of nitrogens with one attached hydrogen (secondary N) is 1. The van der Waals surface area contributed by atoms with Crippen LogP contribution in [0, 0.1) is 17.2 Å². The molecule has 1 saturated carbocycles. The van der Waals surface area contributed by atoms with E-state index >= 15 is 0 Å². The molecule has 2 atom stereocenters. The van der Waals surface area contributed by atoms with Crippen LogP contribution in [-0.2, 0) is 0 Å². The molecule has 0 bridgehead atoms. The molecule has 0 radical (unpaired) electrons. The van der Waals surface area contributed by atoms with E-state index in [2.05, 4.69) is 39.9 Å². The van der Waals surface area contributed by atoms with E-state index < -0.39 is 0 Å². The molecule has 0 heterocycles. The fourth-order valence-electron chi connectivity index (χ4n) is 3.46. The number of hydrogen-bond donors (Lipinski definition) is 1. The van der Waals surface area contributed by atoms with E-state index in [1.807, 2.05) is 12.1 Å². The maximum atomic E-state index is 14.3. The summed E-state index contributed by atoms with van der Waals surface area (Å²) in [6, 6.07) is 7.33. The SMILES string of the molecule is CC1(C)CCC(CNC(C)(C)C)C(c2ccccc2F)C1. The van der Waals surface area contributed by atoms with Crippen LogP contribution in [0.15, 0.2) is 24.3 Å². The quantitative estimate of drug-likeness (QED) is 0.814. The molecular formula is C19H30FN. The molecule has 1 N–H and O–H groups in total. The third kappa shape index (κ3) is 4.54. The van der Waals surface area contributed by atoms with E-state index in [1.54, 1.807) is 12.1 Å². The van der Waals surface area contributed by atoms with Gasteiger partial charge in [-0.05, 0) is 75.5 Å². The van der Waals surface area contributed by atoms with Crippen LogP contribution >= 0.6 is 0 Å². The molecule has 2 heteroatoms. The molecule has 1 fully saturated rings. The summed E-state index contributed by atoms with van der Waals surface area (Å²) in [4.78, 5) is 0. The van der Waals surface area contributed by atoms with Crippen LogP contribution in [-0.4, -0.2) is 12.1 Å². The summed E-state index contributed by atoms with van der Waals surface area (Å²) in [5.41, 5.74) is 1.34. The Hall–Kier alpha value is -0.890. The molecule has 1 nitrogen and oxygen atoms in total. The lowest BCUT2D eigenvalue weighted by Crippen LogP contribution is -2.42. The molecule has 1 aromatic carbocycles. The van der Waals surface area contributed by atoms with Gasteiger partial charge in [-0.1, -0.05) is 32.0 Å².